The van der Waals surface area contributed by atoms with Crippen LogP contribution in [0.4, 0.5) is 5.69 Å². The van der Waals surface area contributed by atoms with E-state index in [2.05, 4.69) is 5.32 Å². The highest BCUT2D eigenvalue weighted by Crippen LogP contribution is 2.26. The molecule has 0 spiro atoms. The first-order valence-corrected chi connectivity index (χ1v) is 5.85. The highest BCUT2D eigenvalue weighted by molar-refractivity contribution is 5.94. The van der Waals surface area contributed by atoms with Gasteiger partial charge in [-0.25, -0.2) is 4.79 Å². The van der Waals surface area contributed by atoms with E-state index >= 15 is 0 Å². The second-order valence-electron chi connectivity index (χ2n) is 3.91. The lowest BCUT2D eigenvalue weighted by Crippen LogP contribution is -2.30. The van der Waals surface area contributed by atoms with Crippen LogP contribution in [0.3, 0.4) is 0 Å². The summed E-state index contributed by atoms with van der Waals surface area (Å²) in [4.78, 5) is 22.7. The Bertz CT molecular complexity index is 474. The molecule has 6 heteroatoms. The highest BCUT2D eigenvalue weighted by atomic mass is 16.5. The Morgan fingerprint density at radius 3 is 2.53 bits per heavy atom. The minimum Gasteiger partial charge on any atom is -0.495 e. The van der Waals surface area contributed by atoms with Crippen LogP contribution in [0.25, 0.3) is 0 Å². The van der Waals surface area contributed by atoms with Gasteiger partial charge in [0.15, 0.2) is 0 Å². The molecule has 0 aliphatic carbocycles. The minimum atomic E-state index is -0.545. The Morgan fingerprint density at radius 1 is 1.37 bits per heavy atom. The van der Waals surface area contributed by atoms with Crippen molar-refractivity contribution in [2.45, 2.75) is 19.4 Å². The number of esters is 1. The van der Waals surface area contributed by atoms with Gasteiger partial charge in [-0.2, -0.15) is 0 Å². The number of benzene rings is 1. The SMILES string of the molecule is CCC(Nc1cc(C(N)=O)ccc1OC)C(=O)OC. The summed E-state index contributed by atoms with van der Waals surface area (Å²) < 4.78 is 9.86. The molecule has 1 rings (SSSR count). The molecule has 0 aliphatic heterocycles. The van der Waals surface area contributed by atoms with Crippen LogP contribution in [-0.2, 0) is 9.53 Å². The maximum atomic E-state index is 11.5. The molecule has 1 amide bonds. The summed E-state index contributed by atoms with van der Waals surface area (Å²) in [5.74, 6) is -0.404. The van der Waals surface area contributed by atoms with E-state index in [9.17, 15) is 9.59 Å². The van der Waals surface area contributed by atoms with Gasteiger partial charge in [-0.3, -0.25) is 4.79 Å². The normalized spacial score (nSPS) is 11.5. The quantitative estimate of drug-likeness (QED) is 0.754. The van der Waals surface area contributed by atoms with Crippen molar-refractivity contribution in [2.24, 2.45) is 5.73 Å². The number of nitrogens with two attached hydrogens (primary N) is 1. The maximum absolute atomic E-state index is 11.5. The smallest absolute Gasteiger partial charge is 0.328 e. The number of rotatable bonds is 6. The fourth-order valence-electron chi connectivity index (χ4n) is 1.63. The van der Waals surface area contributed by atoms with Crippen LogP contribution < -0.4 is 15.8 Å². The zero-order valence-corrected chi connectivity index (χ0v) is 11.2. The highest BCUT2D eigenvalue weighted by Gasteiger charge is 2.19. The molecule has 3 N–H and O–H groups in total. The molecule has 0 saturated heterocycles. The van der Waals surface area contributed by atoms with Gasteiger partial charge in [-0.15, -0.1) is 0 Å². The van der Waals surface area contributed by atoms with Crippen molar-refractivity contribution in [3.63, 3.8) is 0 Å². The second kappa shape index (κ2) is 6.63. The Labute approximate surface area is 111 Å². The Kier molecular flexibility index (Phi) is 5.17. The molecular formula is C13H18N2O4. The molecule has 1 unspecified atom stereocenters. The number of methoxy groups -OCH3 is 2. The van der Waals surface area contributed by atoms with E-state index in [4.69, 9.17) is 15.2 Å². The van der Waals surface area contributed by atoms with Crippen molar-refractivity contribution < 1.29 is 19.1 Å². The van der Waals surface area contributed by atoms with E-state index in [1.54, 1.807) is 18.2 Å². The summed E-state index contributed by atoms with van der Waals surface area (Å²) in [6.07, 6.45) is 0.538. The van der Waals surface area contributed by atoms with Gasteiger partial charge in [0.05, 0.1) is 19.9 Å². The van der Waals surface area contributed by atoms with E-state index < -0.39 is 11.9 Å². The van der Waals surface area contributed by atoms with Crippen molar-refractivity contribution in [2.75, 3.05) is 19.5 Å². The van der Waals surface area contributed by atoms with Gasteiger partial charge in [0, 0.05) is 5.56 Å². The maximum Gasteiger partial charge on any atom is 0.328 e. The average Bonchev–Trinajstić information content (AvgIpc) is 2.43. The third-order valence-corrected chi connectivity index (χ3v) is 2.71. The molecule has 0 fully saturated rings. The summed E-state index contributed by atoms with van der Waals surface area (Å²) in [6.45, 7) is 1.85. The van der Waals surface area contributed by atoms with E-state index in [-0.39, 0.29) is 5.97 Å². The summed E-state index contributed by atoms with van der Waals surface area (Å²) >= 11 is 0. The van der Waals surface area contributed by atoms with Gasteiger partial charge in [0.1, 0.15) is 11.8 Å². The zero-order chi connectivity index (χ0) is 14.4. The molecule has 6 nitrogen and oxygen atoms in total. The molecule has 0 aliphatic rings. The lowest BCUT2D eigenvalue weighted by Gasteiger charge is -2.18. The van der Waals surface area contributed by atoms with Gasteiger partial charge in [0.25, 0.3) is 0 Å². The molecule has 1 aromatic carbocycles. The topological polar surface area (TPSA) is 90.6 Å². The molecule has 1 aromatic rings. The molecule has 0 radical (unpaired) electrons. The second-order valence-corrected chi connectivity index (χ2v) is 3.91. The monoisotopic (exact) mass is 266 g/mol. The van der Waals surface area contributed by atoms with E-state index in [0.29, 0.717) is 23.4 Å². The fourth-order valence-corrected chi connectivity index (χ4v) is 1.63. The molecule has 0 bridgehead atoms. The molecule has 1 atom stereocenters. The Balaban J connectivity index is 3.05. The van der Waals surface area contributed by atoms with Gasteiger partial charge in [-0.05, 0) is 24.6 Å². The molecule has 19 heavy (non-hydrogen) atoms. The van der Waals surface area contributed by atoms with E-state index in [1.807, 2.05) is 6.92 Å². The van der Waals surface area contributed by atoms with Crippen molar-refractivity contribution in [1.82, 2.24) is 0 Å². The number of carbonyl (C=O) groups is 2. The van der Waals surface area contributed by atoms with Gasteiger partial charge in [0.2, 0.25) is 5.91 Å². The summed E-state index contributed by atoms with van der Waals surface area (Å²) in [5, 5.41) is 2.99. The number of hydrogen-bond donors (Lipinski definition) is 2. The standard InChI is InChI=1S/C13H18N2O4/c1-4-9(13(17)19-3)15-10-7-8(12(14)16)5-6-11(10)18-2/h5-7,9,15H,4H2,1-3H3,(H2,14,16). The zero-order valence-electron chi connectivity index (χ0n) is 11.2. The number of amides is 1. The van der Waals surface area contributed by atoms with Gasteiger partial charge in [-0.1, -0.05) is 6.92 Å². The molecule has 104 valence electrons. The summed E-state index contributed by atoms with van der Waals surface area (Å²) in [6, 6.07) is 4.21. The van der Waals surface area contributed by atoms with Crippen molar-refractivity contribution in [3.05, 3.63) is 23.8 Å². The minimum absolute atomic E-state index is 0.336. The average molecular weight is 266 g/mol. The summed E-state index contributed by atoms with van der Waals surface area (Å²) in [7, 11) is 2.83. The predicted molar refractivity (Wildman–Crippen MR) is 71.2 cm³/mol. The van der Waals surface area contributed by atoms with E-state index in [1.165, 1.54) is 14.2 Å². The summed E-state index contributed by atoms with van der Waals surface area (Å²) in [5.41, 5.74) is 6.08. The number of hydrogen-bond acceptors (Lipinski definition) is 5. The number of primary amides is 1. The van der Waals surface area contributed by atoms with Crippen LogP contribution >= 0.6 is 0 Å². The van der Waals surface area contributed by atoms with Crippen LogP contribution in [0.15, 0.2) is 18.2 Å². The first kappa shape index (κ1) is 14.8. The molecule has 0 saturated carbocycles. The van der Waals surface area contributed by atoms with Crippen LogP contribution in [0.5, 0.6) is 5.75 Å². The lowest BCUT2D eigenvalue weighted by molar-refractivity contribution is -0.141. The van der Waals surface area contributed by atoms with Crippen molar-refractivity contribution in [1.29, 1.82) is 0 Å². The first-order chi connectivity index (χ1) is 9.03. The number of ether oxygens (including phenoxy) is 2. The molecular weight excluding hydrogens is 248 g/mol. The lowest BCUT2D eigenvalue weighted by atomic mass is 10.1. The third-order valence-electron chi connectivity index (χ3n) is 2.71. The first-order valence-electron chi connectivity index (χ1n) is 5.85. The largest absolute Gasteiger partial charge is 0.495 e. The molecule has 0 heterocycles. The van der Waals surface area contributed by atoms with Crippen LogP contribution in [-0.4, -0.2) is 32.1 Å². The van der Waals surface area contributed by atoms with Gasteiger partial charge < -0.3 is 20.5 Å². The fraction of sp³-hybridized carbons (Fsp3) is 0.385. The number of nitrogens with one attached hydrogen (secondary N) is 1. The van der Waals surface area contributed by atoms with E-state index in [0.717, 1.165) is 0 Å². The third kappa shape index (κ3) is 3.61. The van der Waals surface area contributed by atoms with Crippen LogP contribution in [0.2, 0.25) is 0 Å². The molecule has 0 aromatic heterocycles. The Morgan fingerprint density at radius 2 is 2.05 bits per heavy atom. The van der Waals surface area contributed by atoms with Gasteiger partial charge >= 0.3 is 5.97 Å². The van der Waals surface area contributed by atoms with Crippen molar-refractivity contribution in [3.8, 4) is 5.75 Å². The van der Waals surface area contributed by atoms with Crippen LogP contribution in [0, 0.1) is 0 Å². The number of anilines is 1. The Hall–Kier alpha value is -2.24. The van der Waals surface area contributed by atoms with Crippen LogP contribution in [0.1, 0.15) is 23.7 Å². The number of carbonyl (C=O) groups excluding carboxylic acids is 2. The van der Waals surface area contributed by atoms with Crippen molar-refractivity contribution >= 4 is 17.6 Å². The predicted octanol–water partition coefficient (Wildman–Crippen LogP) is 1.16.